The molecule has 1 aliphatic heterocycles. The molecule has 0 radical (unpaired) electrons. The summed E-state index contributed by atoms with van der Waals surface area (Å²) in [5, 5.41) is 13.6. The van der Waals surface area contributed by atoms with E-state index in [0.717, 1.165) is 13.0 Å². The number of thioether (sulfide) groups is 1. The predicted molar refractivity (Wildman–Crippen MR) is 59.2 cm³/mol. The fourth-order valence-corrected chi connectivity index (χ4v) is 2.79. The molecule has 13 heavy (non-hydrogen) atoms. The summed E-state index contributed by atoms with van der Waals surface area (Å²) in [6.07, 6.45) is 3.26. The van der Waals surface area contributed by atoms with Crippen LogP contribution in [0.15, 0.2) is 0 Å². The molecule has 1 aliphatic rings. The molecule has 2 N–H and O–H groups in total. The lowest BCUT2D eigenvalue weighted by atomic mass is 10.1. The van der Waals surface area contributed by atoms with Crippen LogP contribution in [0.4, 0.5) is 0 Å². The second-order valence-corrected chi connectivity index (χ2v) is 5.28. The standard InChI is InChI=1S/C10H21NOS/c1-3-9(12)7-11-10-5-4-6-13-8(10)2/h8-12H,3-7H2,1-2H3. The Bertz CT molecular complexity index is 143. The minimum absolute atomic E-state index is 0.167. The summed E-state index contributed by atoms with van der Waals surface area (Å²) in [6.45, 7) is 5.05. The molecule has 1 heterocycles. The minimum atomic E-state index is -0.167. The van der Waals surface area contributed by atoms with E-state index in [9.17, 15) is 5.11 Å². The quantitative estimate of drug-likeness (QED) is 0.728. The predicted octanol–water partition coefficient (Wildman–Crippen LogP) is 1.63. The first-order chi connectivity index (χ1) is 6.24. The zero-order valence-corrected chi connectivity index (χ0v) is 9.44. The highest BCUT2D eigenvalue weighted by Crippen LogP contribution is 2.24. The summed E-state index contributed by atoms with van der Waals surface area (Å²) in [5.74, 6) is 1.30. The molecule has 0 bridgehead atoms. The Hall–Kier alpha value is 0.270. The van der Waals surface area contributed by atoms with E-state index < -0.39 is 0 Å². The average molecular weight is 203 g/mol. The van der Waals surface area contributed by atoms with Crippen molar-refractivity contribution >= 4 is 11.8 Å². The summed E-state index contributed by atoms with van der Waals surface area (Å²) in [5.41, 5.74) is 0. The Morgan fingerprint density at radius 2 is 2.38 bits per heavy atom. The molecule has 0 spiro atoms. The number of aliphatic hydroxyl groups is 1. The molecular weight excluding hydrogens is 182 g/mol. The van der Waals surface area contributed by atoms with E-state index in [1.54, 1.807) is 0 Å². The Balaban J connectivity index is 2.18. The van der Waals surface area contributed by atoms with E-state index >= 15 is 0 Å². The van der Waals surface area contributed by atoms with E-state index in [1.807, 2.05) is 18.7 Å². The molecule has 0 saturated carbocycles. The summed E-state index contributed by atoms with van der Waals surface area (Å²) in [4.78, 5) is 0. The van der Waals surface area contributed by atoms with Gasteiger partial charge in [0, 0.05) is 17.8 Å². The molecule has 3 unspecified atom stereocenters. The van der Waals surface area contributed by atoms with Gasteiger partial charge in [-0.1, -0.05) is 13.8 Å². The smallest absolute Gasteiger partial charge is 0.0662 e. The van der Waals surface area contributed by atoms with Gasteiger partial charge in [0.25, 0.3) is 0 Å². The van der Waals surface area contributed by atoms with Crippen molar-refractivity contribution in [1.29, 1.82) is 0 Å². The van der Waals surface area contributed by atoms with Gasteiger partial charge in [-0.05, 0) is 25.0 Å². The highest BCUT2D eigenvalue weighted by atomic mass is 32.2. The van der Waals surface area contributed by atoms with Gasteiger partial charge in [0.05, 0.1) is 6.10 Å². The van der Waals surface area contributed by atoms with Crippen LogP contribution in [0.5, 0.6) is 0 Å². The van der Waals surface area contributed by atoms with Crippen molar-refractivity contribution in [3.63, 3.8) is 0 Å². The van der Waals surface area contributed by atoms with Crippen molar-refractivity contribution in [2.24, 2.45) is 0 Å². The van der Waals surface area contributed by atoms with E-state index in [-0.39, 0.29) is 6.10 Å². The van der Waals surface area contributed by atoms with E-state index in [2.05, 4.69) is 12.2 Å². The fraction of sp³-hybridized carbons (Fsp3) is 1.00. The summed E-state index contributed by atoms with van der Waals surface area (Å²) < 4.78 is 0. The molecule has 1 saturated heterocycles. The molecule has 0 aliphatic carbocycles. The SMILES string of the molecule is CCC(O)CNC1CCCSC1C. The number of rotatable bonds is 4. The first-order valence-corrected chi connectivity index (χ1v) is 6.32. The van der Waals surface area contributed by atoms with Gasteiger partial charge in [-0.3, -0.25) is 0 Å². The Kier molecular flexibility index (Phi) is 5.14. The van der Waals surface area contributed by atoms with Crippen LogP contribution in [0.1, 0.15) is 33.1 Å². The summed E-state index contributed by atoms with van der Waals surface area (Å²) in [6, 6.07) is 0.611. The Morgan fingerprint density at radius 3 is 3.00 bits per heavy atom. The van der Waals surface area contributed by atoms with Crippen LogP contribution >= 0.6 is 11.8 Å². The fourth-order valence-electron chi connectivity index (χ4n) is 1.62. The largest absolute Gasteiger partial charge is 0.392 e. The summed E-state index contributed by atoms with van der Waals surface area (Å²) in [7, 11) is 0. The molecule has 0 aromatic heterocycles. The van der Waals surface area contributed by atoms with Crippen molar-refractivity contribution in [2.45, 2.75) is 50.5 Å². The van der Waals surface area contributed by atoms with E-state index in [1.165, 1.54) is 18.6 Å². The monoisotopic (exact) mass is 203 g/mol. The maximum atomic E-state index is 9.41. The normalized spacial score (nSPS) is 31.6. The van der Waals surface area contributed by atoms with Crippen LogP contribution in [0, 0.1) is 0 Å². The number of aliphatic hydroxyl groups excluding tert-OH is 1. The van der Waals surface area contributed by atoms with Gasteiger partial charge in [0.15, 0.2) is 0 Å². The molecular formula is C10H21NOS. The van der Waals surface area contributed by atoms with Crippen molar-refractivity contribution in [1.82, 2.24) is 5.32 Å². The van der Waals surface area contributed by atoms with Crippen molar-refractivity contribution in [3.05, 3.63) is 0 Å². The number of hydrogen-bond acceptors (Lipinski definition) is 3. The third kappa shape index (κ3) is 3.88. The molecule has 1 rings (SSSR count). The van der Waals surface area contributed by atoms with Crippen molar-refractivity contribution in [2.75, 3.05) is 12.3 Å². The third-order valence-electron chi connectivity index (χ3n) is 2.69. The van der Waals surface area contributed by atoms with E-state index in [0.29, 0.717) is 11.3 Å². The minimum Gasteiger partial charge on any atom is -0.392 e. The first kappa shape index (κ1) is 11.3. The van der Waals surface area contributed by atoms with Gasteiger partial charge in [-0.15, -0.1) is 0 Å². The maximum absolute atomic E-state index is 9.41. The summed E-state index contributed by atoms with van der Waals surface area (Å²) >= 11 is 2.04. The van der Waals surface area contributed by atoms with Crippen molar-refractivity contribution < 1.29 is 5.11 Å². The van der Waals surface area contributed by atoms with Gasteiger partial charge >= 0.3 is 0 Å². The van der Waals surface area contributed by atoms with Crippen LogP contribution in [0.25, 0.3) is 0 Å². The van der Waals surface area contributed by atoms with Gasteiger partial charge in [0.1, 0.15) is 0 Å². The molecule has 3 atom stereocenters. The highest BCUT2D eigenvalue weighted by molar-refractivity contribution is 7.99. The molecule has 0 aromatic rings. The van der Waals surface area contributed by atoms with Gasteiger partial charge in [-0.25, -0.2) is 0 Å². The number of nitrogens with one attached hydrogen (secondary N) is 1. The molecule has 2 nitrogen and oxygen atoms in total. The number of hydrogen-bond donors (Lipinski definition) is 2. The van der Waals surface area contributed by atoms with Crippen LogP contribution in [0.3, 0.4) is 0 Å². The lowest BCUT2D eigenvalue weighted by Crippen LogP contribution is -2.42. The van der Waals surface area contributed by atoms with Gasteiger partial charge in [-0.2, -0.15) is 11.8 Å². The van der Waals surface area contributed by atoms with Gasteiger partial charge in [0.2, 0.25) is 0 Å². The molecule has 0 aromatic carbocycles. The Labute approximate surface area is 85.5 Å². The van der Waals surface area contributed by atoms with Crippen molar-refractivity contribution in [3.8, 4) is 0 Å². The average Bonchev–Trinajstić information content (AvgIpc) is 2.16. The second kappa shape index (κ2) is 5.89. The van der Waals surface area contributed by atoms with Crippen LogP contribution in [0.2, 0.25) is 0 Å². The van der Waals surface area contributed by atoms with E-state index in [4.69, 9.17) is 0 Å². The lowest BCUT2D eigenvalue weighted by molar-refractivity contribution is 0.161. The molecule has 78 valence electrons. The lowest BCUT2D eigenvalue weighted by Gasteiger charge is -2.29. The second-order valence-electron chi connectivity index (χ2n) is 3.79. The topological polar surface area (TPSA) is 32.3 Å². The maximum Gasteiger partial charge on any atom is 0.0662 e. The zero-order chi connectivity index (χ0) is 9.68. The molecule has 3 heteroatoms. The zero-order valence-electron chi connectivity index (χ0n) is 8.62. The first-order valence-electron chi connectivity index (χ1n) is 5.27. The van der Waals surface area contributed by atoms with Crippen LogP contribution < -0.4 is 5.32 Å². The van der Waals surface area contributed by atoms with Crippen LogP contribution in [-0.4, -0.2) is 34.8 Å². The Morgan fingerprint density at radius 1 is 1.62 bits per heavy atom. The van der Waals surface area contributed by atoms with Gasteiger partial charge < -0.3 is 10.4 Å². The molecule has 1 fully saturated rings. The third-order valence-corrected chi connectivity index (χ3v) is 4.07. The van der Waals surface area contributed by atoms with Crippen LogP contribution in [-0.2, 0) is 0 Å². The highest BCUT2D eigenvalue weighted by Gasteiger charge is 2.21. The molecule has 0 amide bonds.